The van der Waals surface area contributed by atoms with Gasteiger partial charge in [-0.1, -0.05) is 54.4 Å². The first-order valence-electron chi connectivity index (χ1n) is 9.51. The second kappa shape index (κ2) is 9.87. The zero-order valence-corrected chi connectivity index (χ0v) is 18.1. The van der Waals surface area contributed by atoms with Crippen LogP contribution in [-0.2, 0) is 16.1 Å². The number of esters is 1. The van der Waals surface area contributed by atoms with Crippen molar-refractivity contribution in [3.8, 4) is 5.75 Å². The third kappa shape index (κ3) is 5.07. The van der Waals surface area contributed by atoms with E-state index in [9.17, 15) is 9.59 Å². The van der Waals surface area contributed by atoms with Gasteiger partial charge in [0.2, 0.25) is 0 Å². The summed E-state index contributed by atoms with van der Waals surface area (Å²) in [5, 5.41) is 6.34. The van der Waals surface area contributed by atoms with E-state index < -0.39 is 18.0 Å². The molecule has 0 bridgehead atoms. The molecule has 0 radical (unpaired) electrons. The number of allylic oxidation sites excluding steroid dienone is 1. The van der Waals surface area contributed by atoms with Crippen LogP contribution in [0, 0.1) is 0 Å². The molecule has 2 N–H and O–H groups in total. The fourth-order valence-corrected chi connectivity index (χ4v) is 3.43. The van der Waals surface area contributed by atoms with Crippen LogP contribution in [0.25, 0.3) is 0 Å². The van der Waals surface area contributed by atoms with E-state index in [0.29, 0.717) is 45.7 Å². The number of carbonyl (C=O) groups excluding carboxylic acids is 2. The van der Waals surface area contributed by atoms with Crippen molar-refractivity contribution in [1.29, 1.82) is 0 Å². The molecule has 1 heterocycles. The van der Waals surface area contributed by atoms with Gasteiger partial charge >= 0.3 is 12.0 Å². The summed E-state index contributed by atoms with van der Waals surface area (Å²) < 4.78 is 11.3. The van der Waals surface area contributed by atoms with E-state index in [2.05, 4.69) is 10.6 Å². The SMILES string of the molecule is CCCOC(=O)C1=C(C)NC(=O)NC1c1ccccc1OCc1ccc(Cl)c(Cl)c1. The van der Waals surface area contributed by atoms with Crippen LogP contribution in [0.1, 0.15) is 37.4 Å². The number of benzene rings is 2. The molecule has 158 valence electrons. The van der Waals surface area contributed by atoms with Gasteiger partial charge in [0, 0.05) is 11.3 Å². The molecule has 3 rings (SSSR count). The Morgan fingerprint density at radius 1 is 1.13 bits per heavy atom. The van der Waals surface area contributed by atoms with E-state index >= 15 is 0 Å². The first-order chi connectivity index (χ1) is 14.4. The van der Waals surface area contributed by atoms with E-state index in [1.807, 2.05) is 25.1 Å². The lowest BCUT2D eigenvalue weighted by Crippen LogP contribution is -2.45. The predicted molar refractivity (Wildman–Crippen MR) is 116 cm³/mol. The first kappa shape index (κ1) is 22.0. The van der Waals surface area contributed by atoms with Crippen molar-refractivity contribution >= 4 is 35.2 Å². The summed E-state index contributed by atoms with van der Waals surface area (Å²) in [6, 6.07) is 11.4. The minimum atomic E-state index is -0.701. The third-order valence-electron chi connectivity index (χ3n) is 4.53. The molecule has 0 spiro atoms. The van der Waals surface area contributed by atoms with Crippen LogP contribution < -0.4 is 15.4 Å². The summed E-state index contributed by atoms with van der Waals surface area (Å²) in [5.74, 6) is 0.0514. The van der Waals surface area contributed by atoms with Gasteiger partial charge in [0.15, 0.2) is 0 Å². The number of urea groups is 1. The van der Waals surface area contributed by atoms with Crippen LogP contribution in [-0.4, -0.2) is 18.6 Å². The molecule has 6 nitrogen and oxygen atoms in total. The summed E-state index contributed by atoms with van der Waals surface area (Å²) in [6.45, 7) is 4.13. The highest BCUT2D eigenvalue weighted by Gasteiger charge is 2.33. The smallest absolute Gasteiger partial charge is 0.338 e. The van der Waals surface area contributed by atoms with Crippen molar-refractivity contribution in [2.24, 2.45) is 0 Å². The number of hydrogen-bond acceptors (Lipinski definition) is 4. The van der Waals surface area contributed by atoms with Crippen molar-refractivity contribution in [1.82, 2.24) is 10.6 Å². The quantitative estimate of drug-likeness (QED) is 0.573. The van der Waals surface area contributed by atoms with Crippen molar-refractivity contribution in [3.63, 3.8) is 0 Å². The fraction of sp³-hybridized carbons (Fsp3) is 0.273. The largest absolute Gasteiger partial charge is 0.489 e. The average Bonchev–Trinajstić information content (AvgIpc) is 2.72. The second-order valence-electron chi connectivity index (χ2n) is 6.78. The maximum Gasteiger partial charge on any atom is 0.338 e. The number of carbonyl (C=O) groups is 2. The minimum Gasteiger partial charge on any atom is -0.489 e. The minimum absolute atomic E-state index is 0.241. The molecular formula is C22H22Cl2N2O4. The Hall–Kier alpha value is -2.70. The molecule has 0 saturated heterocycles. The Balaban J connectivity index is 1.90. The molecule has 1 atom stereocenters. The van der Waals surface area contributed by atoms with Crippen LogP contribution >= 0.6 is 23.2 Å². The zero-order chi connectivity index (χ0) is 21.7. The number of halogens is 2. The van der Waals surface area contributed by atoms with Crippen molar-refractivity contribution < 1.29 is 19.1 Å². The van der Waals surface area contributed by atoms with E-state index in [4.69, 9.17) is 32.7 Å². The van der Waals surface area contributed by atoms with Gasteiger partial charge in [-0.25, -0.2) is 9.59 Å². The molecule has 2 aromatic rings. The van der Waals surface area contributed by atoms with Crippen LogP contribution in [0.5, 0.6) is 5.75 Å². The molecule has 8 heteroatoms. The van der Waals surface area contributed by atoms with Crippen molar-refractivity contribution in [3.05, 3.63) is 74.9 Å². The van der Waals surface area contributed by atoms with E-state index in [1.54, 1.807) is 31.2 Å². The Kier molecular flexibility index (Phi) is 7.24. The second-order valence-corrected chi connectivity index (χ2v) is 7.60. The van der Waals surface area contributed by atoms with E-state index in [0.717, 1.165) is 5.56 Å². The normalized spacial score (nSPS) is 16.0. The topological polar surface area (TPSA) is 76.7 Å². The van der Waals surface area contributed by atoms with Gasteiger partial charge in [0.1, 0.15) is 12.4 Å². The number of amides is 2. The number of nitrogens with one attached hydrogen (secondary N) is 2. The van der Waals surface area contributed by atoms with Crippen LogP contribution in [0.2, 0.25) is 10.0 Å². The fourth-order valence-electron chi connectivity index (χ4n) is 3.11. The Morgan fingerprint density at radius 2 is 1.90 bits per heavy atom. The molecule has 0 aliphatic carbocycles. The maximum atomic E-state index is 12.7. The van der Waals surface area contributed by atoms with Gasteiger partial charge in [0.25, 0.3) is 0 Å². The lowest BCUT2D eigenvalue weighted by molar-refractivity contribution is -0.139. The summed E-state index contributed by atoms with van der Waals surface area (Å²) in [5.41, 5.74) is 2.27. The number of hydrogen-bond donors (Lipinski definition) is 2. The number of rotatable bonds is 7. The predicted octanol–water partition coefficient (Wildman–Crippen LogP) is 5.15. The monoisotopic (exact) mass is 448 g/mol. The van der Waals surface area contributed by atoms with Gasteiger partial charge < -0.3 is 20.1 Å². The lowest BCUT2D eigenvalue weighted by Gasteiger charge is -2.29. The van der Waals surface area contributed by atoms with Gasteiger partial charge in [-0.3, -0.25) is 0 Å². The molecule has 30 heavy (non-hydrogen) atoms. The summed E-state index contributed by atoms with van der Waals surface area (Å²) in [7, 11) is 0. The third-order valence-corrected chi connectivity index (χ3v) is 5.27. The highest BCUT2D eigenvalue weighted by molar-refractivity contribution is 6.42. The molecule has 2 amide bonds. The van der Waals surface area contributed by atoms with Gasteiger partial charge in [-0.05, 0) is 37.1 Å². The molecule has 1 aliphatic rings. The standard InChI is InChI=1S/C22H22Cl2N2O4/c1-3-10-29-21(27)19-13(2)25-22(28)26-20(19)15-6-4-5-7-18(15)30-12-14-8-9-16(23)17(24)11-14/h4-9,11,20H,3,10,12H2,1-2H3,(H2,25,26,28). The Morgan fingerprint density at radius 3 is 2.63 bits per heavy atom. The number of para-hydroxylation sites is 1. The Labute approximate surface area is 185 Å². The average molecular weight is 449 g/mol. The summed E-state index contributed by atoms with van der Waals surface area (Å²) in [4.78, 5) is 24.8. The first-order valence-corrected chi connectivity index (χ1v) is 10.3. The lowest BCUT2D eigenvalue weighted by atomic mass is 9.95. The van der Waals surface area contributed by atoms with Gasteiger partial charge in [-0.2, -0.15) is 0 Å². The molecule has 2 aromatic carbocycles. The zero-order valence-electron chi connectivity index (χ0n) is 16.6. The van der Waals surface area contributed by atoms with E-state index in [1.165, 1.54) is 0 Å². The molecular weight excluding hydrogens is 427 g/mol. The van der Waals surface area contributed by atoms with Gasteiger partial charge in [0.05, 0.1) is 28.3 Å². The van der Waals surface area contributed by atoms with Crippen molar-refractivity contribution in [2.75, 3.05) is 6.61 Å². The molecule has 0 fully saturated rings. The highest BCUT2D eigenvalue weighted by Crippen LogP contribution is 2.34. The Bertz CT molecular complexity index is 991. The molecule has 0 aromatic heterocycles. The van der Waals surface area contributed by atoms with Crippen LogP contribution in [0.15, 0.2) is 53.7 Å². The van der Waals surface area contributed by atoms with E-state index in [-0.39, 0.29) is 6.61 Å². The van der Waals surface area contributed by atoms with Gasteiger partial charge in [-0.15, -0.1) is 0 Å². The molecule has 0 saturated carbocycles. The molecule has 1 aliphatic heterocycles. The molecule has 1 unspecified atom stereocenters. The summed E-state index contributed by atoms with van der Waals surface area (Å²) >= 11 is 12.0. The van der Waals surface area contributed by atoms with Crippen LogP contribution in [0.3, 0.4) is 0 Å². The number of ether oxygens (including phenoxy) is 2. The van der Waals surface area contributed by atoms with Crippen LogP contribution in [0.4, 0.5) is 4.79 Å². The highest BCUT2D eigenvalue weighted by atomic mass is 35.5. The summed E-state index contributed by atoms with van der Waals surface area (Å²) in [6.07, 6.45) is 0.700. The van der Waals surface area contributed by atoms with Crippen molar-refractivity contribution in [2.45, 2.75) is 32.9 Å². The maximum absolute atomic E-state index is 12.7.